The van der Waals surface area contributed by atoms with Crippen LogP contribution in [0.25, 0.3) is 0 Å². The SMILES string of the molecule is C[I-]C1CCC(=O)NC1=O. The predicted molar refractivity (Wildman–Crippen MR) is 32.1 cm³/mol. The molecular weight excluding hydrogens is 245 g/mol. The Morgan fingerprint density at radius 2 is 2.30 bits per heavy atom. The van der Waals surface area contributed by atoms with Gasteiger partial charge in [-0.1, -0.05) is 0 Å². The molecule has 3 nitrogen and oxygen atoms in total. The fourth-order valence-corrected chi connectivity index (χ4v) is 2.53. The van der Waals surface area contributed by atoms with Crippen LogP contribution in [0.1, 0.15) is 12.8 Å². The quantitative estimate of drug-likeness (QED) is 0.300. The number of carbonyl (C=O) groups excluding carboxylic acids is 2. The molecule has 1 aliphatic rings. The van der Waals surface area contributed by atoms with E-state index in [0.29, 0.717) is 6.42 Å². The fourth-order valence-electron chi connectivity index (χ4n) is 0.875. The minimum absolute atomic E-state index is 0.0376. The van der Waals surface area contributed by atoms with E-state index in [9.17, 15) is 9.59 Å². The molecule has 0 aromatic heterocycles. The van der Waals surface area contributed by atoms with Crippen LogP contribution in [0, 0.1) is 0 Å². The Bertz CT molecular complexity index is 169. The molecule has 1 saturated heterocycles. The third kappa shape index (κ3) is 1.68. The van der Waals surface area contributed by atoms with Crippen molar-refractivity contribution in [3.63, 3.8) is 0 Å². The number of amides is 2. The molecule has 1 N–H and O–H groups in total. The van der Waals surface area contributed by atoms with Crippen LogP contribution < -0.4 is 26.5 Å². The number of carbonyl (C=O) groups is 2. The van der Waals surface area contributed by atoms with Gasteiger partial charge in [0.25, 0.3) is 0 Å². The normalized spacial score (nSPS) is 26.7. The van der Waals surface area contributed by atoms with Crippen LogP contribution in [0.2, 0.25) is 0 Å². The summed E-state index contributed by atoms with van der Waals surface area (Å²) in [5, 5.41) is 2.33. The summed E-state index contributed by atoms with van der Waals surface area (Å²) in [6.45, 7) is 0. The van der Waals surface area contributed by atoms with E-state index >= 15 is 0 Å². The number of rotatable bonds is 1. The minimum atomic E-state index is -0.112. The zero-order chi connectivity index (χ0) is 7.56. The van der Waals surface area contributed by atoms with Crippen molar-refractivity contribution in [3.8, 4) is 0 Å². The maximum atomic E-state index is 10.9. The standard InChI is InChI=1S/C6H9INO2/c1-7-4-2-3-5(9)8-6(4)10/h4H,2-3H2,1H3,(H,8,9,10)/q-1. The molecule has 1 atom stereocenters. The first-order chi connectivity index (χ1) is 4.74. The number of piperidine rings is 1. The zero-order valence-corrected chi connectivity index (χ0v) is 7.84. The molecular formula is C6H9INO2-. The van der Waals surface area contributed by atoms with Crippen molar-refractivity contribution >= 4 is 11.8 Å². The number of halogens is 1. The van der Waals surface area contributed by atoms with Gasteiger partial charge in [-0.2, -0.15) is 0 Å². The number of hydrogen-bond donors (Lipinski definition) is 1. The average molecular weight is 254 g/mol. The van der Waals surface area contributed by atoms with Gasteiger partial charge in [-0.05, 0) is 0 Å². The Labute approximate surface area is 69.8 Å². The van der Waals surface area contributed by atoms with Crippen molar-refractivity contribution in [1.29, 1.82) is 0 Å². The van der Waals surface area contributed by atoms with Crippen LogP contribution in [0.15, 0.2) is 0 Å². The summed E-state index contributed by atoms with van der Waals surface area (Å²) < 4.78 is 0.177. The molecule has 58 valence electrons. The molecule has 0 bridgehead atoms. The zero-order valence-electron chi connectivity index (χ0n) is 5.69. The average Bonchev–Trinajstić information content (AvgIpc) is 1.88. The molecule has 0 saturated carbocycles. The van der Waals surface area contributed by atoms with Crippen molar-refractivity contribution in [2.45, 2.75) is 16.8 Å². The van der Waals surface area contributed by atoms with Crippen molar-refractivity contribution in [2.24, 2.45) is 0 Å². The number of nitrogens with one attached hydrogen (secondary N) is 1. The molecule has 0 aliphatic carbocycles. The third-order valence-electron chi connectivity index (χ3n) is 1.44. The number of alkyl halides is 2. The van der Waals surface area contributed by atoms with E-state index in [-0.39, 0.29) is 36.9 Å². The van der Waals surface area contributed by atoms with Gasteiger partial charge >= 0.3 is 69.6 Å². The Morgan fingerprint density at radius 1 is 1.60 bits per heavy atom. The molecule has 1 fully saturated rings. The molecule has 1 aliphatic heterocycles. The van der Waals surface area contributed by atoms with Crippen molar-refractivity contribution in [1.82, 2.24) is 5.32 Å². The van der Waals surface area contributed by atoms with Crippen LogP contribution in [0.3, 0.4) is 0 Å². The van der Waals surface area contributed by atoms with E-state index in [1.54, 1.807) is 0 Å². The molecule has 10 heavy (non-hydrogen) atoms. The molecule has 0 aromatic carbocycles. The van der Waals surface area contributed by atoms with Gasteiger partial charge in [-0.15, -0.1) is 0 Å². The molecule has 1 heterocycles. The van der Waals surface area contributed by atoms with Gasteiger partial charge in [-0.25, -0.2) is 0 Å². The summed E-state index contributed by atoms with van der Waals surface area (Å²) in [5.74, 6) is -0.162. The molecule has 0 radical (unpaired) electrons. The van der Waals surface area contributed by atoms with Gasteiger partial charge in [0.1, 0.15) is 0 Å². The summed E-state index contributed by atoms with van der Waals surface area (Å²) in [6, 6.07) is 0. The molecule has 0 spiro atoms. The van der Waals surface area contributed by atoms with Gasteiger partial charge in [0.2, 0.25) is 0 Å². The molecule has 2 amide bonds. The maximum absolute atomic E-state index is 10.9. The first kappa shape index (κ1) is 7.97. The second-order valence-corrected chi connectivity index (χ2v) is 4.89. The topological polar surface area (TPSA) is 46.2 Å². The first-order valence-corrected chi connectivity index (χ1v) is 6.46. The Kier molecular flexibility index (Phi) is 2.64. The Balaban J connectivity index is 2.51. The summed E-state index contributed by atoms with van der Waals surface area (Å²) in [7, 11) is 0. The number of imide groups is 1. The second kappa shape index (κ2) is 3.32. The molecule has 1 rings (SSSR count). The van der Waals surface area contributed by atoms with Crippen LogP contribution in [0.4, 0.5) is 0 Å². The van der Waals surface area contributed by atoms with Gasteiger partial charge < -0.3 is 0 Å². The van der Waals surface area contributed by atoms with E-state index in [1.807, 2.05) is 0 Å². The fraction of sp³-hybridized carbons (Fsp3) is 0.667. The van der Waals surface area contributed by atoms with Crippen LogP contribution in [0.5, 0.6) is 0 Å². The van der Waals surface area contributed by atoms with E-state index in [2.05, 4.69) is 10.2 Å². The van der Waals surface area contributed by atoms with Crippen LogP contribution in [-0.2, 0) is 9.59 Å². The van der Waals surface area contributed by atoms with Crippen molar-refractivity contribution in [2.75, 3.05) is 4.93 Å². The Morgan fingerprint density at radius 3 is 2.80 bits per heavy atom. The summed E-state index contributed by atoms with van der Waals surface area (Å²) >= 11 is -0.0376. The van der Waals surface area contributed by atoms with Crippen LogP contribution in [-0.4, -0.2) is 20.7 Å². The van der Waals surface area contributed by atoms with Gasteiger partial charge in [0, 0.05) is 0 Å². The molecule has 4 heteroatoms. The predicted octanol–water partition coefficient (Wildman–Crippen LogP) is -3.49. The summed E-state index contributed by atoms with van der Waals surface area (Å²) in [5.41, 5.74) is 0. The van der Waals surface area contributed by atoms with Gasteiger partial charge in [0.05, 0.1) is 0 Å². The van der Waals surface area contributed by atoms with Crippen molar-refractivity contribution in [3.05, 3.63) is 0 Å². The number of hydrogen-bond acceptors (Lipinski definition) is 2. The van der Waals surface area contributed by atoms with E-state index in [4.69, 9.17) is 0 Å². The Hall–Kier alpha value is -0.130. The van der Waals surface area contributed by atoms with E-state index < -0.39 is 0 Å². The van der Waals surface area contributed by atoms with Gasteiger partial charge in [-0.3, -0.25) is 0 Å². The second-order valence-electron chi connectivity index (χ2n) is 2.14. The van der Waals surface area contributed by atoms with Crippen molar-refractivity contribution < 1.29 is 30.8 Å². The van der Waals surface area contributed by atoms with Gasteiger partial charge in [0.15, 0.2) is 0 Å². The third-order valence-corrected chi connectivity index (χ3v) is 4.13. The molecule has 1 unspecified atom stereocenters. The summed E-state index contributed by atoms with van der Waals surface area (Å²) in [4.78, 5) is 23.6. The van der Waals surface area contributed by atoms with E-state index in [1.165, 1.54) is 0 Å². The van der Waals surface area contributed by atoms with E-state index in [0.717, 1.165) is 6.42 Å². The van der Waals surface area contributed by atoms with Crippen LogP contribution >= 0.6 is 0 Å². The first-order valence-electron chi connectivity index (χ1n) is 3.05. The summed E-state index contributed by atoms with van der Waals surface area (Å²) in [6.07, 6.45) is 1.30. The monoisotopic (exact) mass is 254 g/mol. The molecule has 0 aromatic rings.